The Kier molecular flexibility index (Phi) is 3.69. The smallest absolute Gasteiger partial charge is 0.248 e. The number of carbonyl (C=O) groups is 1. The maximum Gasteiger partial charge on any atom is 0.248 e. The van der Waals surface area contributed by atoms with Crippen molar-refractivity contribution in [2.75, 3.05) is 27.4 Å². The Morgan fingerprint density at radius 2 is 2.38 bits per heavy atom. The zero-order valence-corrected chi connectivity index (χ0v) is 8.45. The van der Waals surface area contributed by atoms with E-state index in [2.05, 4.69) is 0 Å². The number of hydrogen-bond donors (Lipinski definition) is 0. The summed E-state index contributed by atoms with van der Waals surface area (Å²) in [5.74, 6) is 0.0184. The van der Waals surface area contributed by atoms with Crippen LogP contribution in [0.15, 0.2) is 0 Å². The van der Waals surface area contributed by atoms with E-state index in [0.717, 1.165) is 13.0 Å². The second kappa shape index (κ2) is 4.58. The van der Waals surface area contributed by atoms with Crippen molar-refractivity contribution >= 4 is 5.91 Å². The Balaban J connectivity index is 2.45. The Labute approximate surface area is 78.8 Å². The van der Waals surface area contributed by atoms with Crippen LogP contribution in [0.1, 0.15) is 13.3 Å². The maximum atomic E-state index is 11.4. The summed E-state index contributed by atoms with van der Waals surface area (Å²) in [7, 11) is 3.33. The van der Waals surface area contributed by atoms with Crippen LogP contribution in [0.3, 0.4) is 0 Å². The lowest BCUT2D eigenvalue weighted by atomic mass is 10.1. The average molecular weight is 187 g/mol. The molecule has 1 fully saturated rings. The van der Waals surface area contributed by atoms with E-state index >= 15 is 0 Å². The molecule has 0 N–H and O–H groups in total. The minimum atomic E-state index is 0.0184. The molecule has 4 nitrogen and oxygen atoms in total. The molecule has 1 saturated heterocycles. The van der Waals surface area contributed by atoms with Crippen molar-refractivity contribution in [1.29, 1.82) is 0 Å². The highest BCUT2D eigenvalue weighted by Gasteiger charge is 2.30. The molecule has 0 aromatic heterocycles. The normalized spacial score (nSPS) is 27.6. The van der Waals surface area contributed by atoms with Crippen LogP contribution < -0.4 is 0 Å². The largest absolute Gasteiger partial charge is 0.376 e. The van der Waals surface area contributed by atoms with E-state index in [0.29, 0.717) is 0 Å². The number of hydrogen-bond acceptors (Lipinski definition) is 3. The summed E-state index contributed by atoms with van der Waals surface area (Å²) < 4.78 is 10.2. The van der Waals surface area contributed by atoms with Gasteiger partial charge in [-0.1, -0.05) is 0 Å². The van der Waals surface area contributed by atoms with Gasteiger partial charge in [0.05, 0.1) is 12.1 Å². The zero-order valence-electron chi connectivity index (χ0n) is 8.45. The van der Waals surface area contributed by atoms with Crippen molar-refractivity contribution in [2.24, 2.45) is 0 Å². The first-order valence-electron chi connectivity index (χ1n) is 4.53. The van der Waals surface area contributed by atoms with Gasteiger partial charge in [0.15, 0.2) is 0 Å². The van der Waals surface area contributed by atoms with E-state index in [1.165, 1.54) is 7.11 Å². The molecule has 13 heavy (non-hydrogen) atoms. The highest BCUT2D eigenvalue weighted by Crippen LogP contribution is 2.17. The van der Waals surface area contributed by atoms with Gasteiger partial charge in [-0.15, -0.1) is 0 Å². The second-order valence-corrected chi connectivity index (χ2v) is 3.37. The van der Waals surface area contributed by atoms with Crippen LogP contribution in [0.5, 0.6) is 0 Å². The number of rotatable bonds is 3. The molecule has 0 aromatic rings. The summed E-state index contributed by atoms with van der Waals surface area (Å²) in [6.07, 6.45) is 1.07. The van der Waals surface area contributed by atoms with Gasteiger partial charge in [0.2, 0.25) is 5.91 Å². The molecule has 0 bridgehead atoms. The zero-order chi connectivity index (χ0) is 9.84. The van der Waals surface area contributed by atoms with Crippen LogP contribution in [0.4, 0.5) is 0 Å². The second-order valence-electron chi connectivity index (χ2n) is 3.37. The van der Waals surface area contributed by atoms with Gasteiger partial charge in [0.25, 0.3) is 0 Å². The fourth-order valence-electron chi connectivity index (χ4n) is 1.64. The fraction of sp³-hybridized carbons (Fsp3) is 0.889. The summed E-state index contributed by atoms with van der Waals surface area (Å²) in [6.45, 7) is 2.89. The van der Waals surface area contributed by atoms with Crippen molar-refractivity contribution < 1.29 is 14.3 Å². The molecular formula is C9H17NO3. The van der Waals surface area contributed by atoms with E-state index in [9.17, 15) is 4.79 Å². The molecule has 0 radical (unpaired) electrons. The lowest BCUT2D eigenvalue weighted by molar-refractivity contribution is -0.136. The van der Waals surface area contributed by atoms with Gasteiger partial charge in [0, 0.05) is 20.8 Å². The minimum absolute atomic E-state index is 0.0184. The van der Waals surface area contributed by atoms with Crippen LogP contribution in [-0.2, 0) is 14.3 Å². The molecule has 0 aromatic carbocycles. The molecule has 4 heteroatoms. The Hall–Kier alpha value is -0.610. The predicted molar refractivity (Wildman–Crippen MR) is 48.5 cm³/mol. The van der Waals surface area contributed by atoms with Gasteiger partial charge in [0.1, 0.15) is 6.61 Å². The molecule has 0 saturated carbocycles. The molecule has 2 atom stereocenters. The number of amides is 1. The quantitative estimate of drug-likeness (QED) is 0.636. The van der Waals surface area contributed by atoms with Gasteiger partial charge in [-0.2, -0.15) is 0 Å². The molecule has 1 aliphatic heterocycles. The number of carbonyl (C=O) groups excluding carboxylic acids is 1. The summed E-state index contributed by atoms with van der Waals surface area (Å²) in [4.78, 5) is 13.1. The minimum Gasteiger partial charge on any atom is -0.376 e. The van der Waals surface area contributed by atoms with Crippen LogP contribution in [0.25, 0.3) is 0 Å². The highest BCUT2D eigenvalue weighted by atomic mass is 16.5. The van der Waals surface area contributed by atoms with Gasteiger partial charge >= 0.3 is 0 Å². The van der Waals surface area contributed by atoms with Crippen LogP contribution in [0.2, 0.25) is 0 Å². The fourth-order valence-corrected chi connectivity index (χ4v) is 1.64. The number of ether oxygens (including phenoxy) is 2. The van der Waals surface area contributed by atoms with Crippen molar-refractivity contribution in [3.8, 4) is 0 Å². The Morgan fingerprint density at radius 3 is 2.85 bits per heavy atom. The molecule has 0 spiro atoms. The molecule has 76 valence electrons. The summed E-state index contributed by atoms with van der Waals surface area (Å²) in [6, 6.07) is 0.211. The van der Waals surface area contributed by atoms with E-state index in [1.54, 1.807) is 11.9 Å². The van der Waals surface area contributed by atoms with Crippen molar-refractivity contribution in [2.45, 2.75) is 25.5 Å². The third-order valence-corrected chi connectivity index (χ3v) is 2.49. The first-order chi connectivity index (χ1) is 6.16. The molecule has 1 heterocycles. The van der Waals surface area contributed by atoms with Crippen LogP contribution >= 0.6 is 0 Å². The van der Waals surface area contributed by atoms with Gasteiger partial charge < -0.3 is 14.4 Å². The lowest BCUT2D eigenvalue weighted by Gasteiger charge is -2.26. The number of methoxy groups -OCH3 is 1. The number of likely N-dealkylation sites (N-methyl/N-ethyl adjacent to an activating group) is 1. The maximum absolute atomic E-state index is 11.4. The van der Waals surface area contributed by atoms with E-state index in [-0.39, 0.29) is 24.7 Å². The standard InChI is InChI=1S/C9H17NO3/c1-7-8(4-5-13-7)10(2)9(11)6-12-3/h7-8H,4-6H2,1-3H3. The first kappa shape index (κ1) is 10.5. The van der Waals surface area contributed by atoms with Gasteiger partial charge in [-0.25, -0.2) is 0 Å². The van der Waals surface area contributed by atoms with Crippen molar-refractivity contribution in [3.63, 3.8) is 0 Å². The highest BCUT2D eigenvalue weighted by molar-refractivity contribution is 5.77. The lowest BCUT2D eigenvalue weighted by Crippen LogP contribution is -2.42. The van der Waals surface area contributed by atoms with E-state index in [1.807, 2.05) is 6.92 Å². The Morgan fingerprint density at radius 1 is 1.69 bits per heavy atom. The third kappa shape index (κ3) is 2.42. The molecule has 1 amide bonds. The molecule has 1 aliphatic rings. The van der Waals surface area contributed by atoms with Gasteiger partial charge in [-0.3, -0.25) is 4.79 Å². The van der Waals surface area contributed by atoms with Crippen molar-refractivity contribution in [3.05, 3.63) is 0 Å². The molecular weight excluding hydrogens is 170 g/mol. The molecule has 1 rings (SSSR count). The predicted octanol–water partition coefficient (Wildman–Crippen LogP) is 0.269. The van der Waals surface area contributed by atoms with Gasteiger partial charge in [-0.05, 0) is 13.3 Å². The summed E-state index contributed by atoms with van der Waals surface area (Å²) in [5, 5.41) is 0. The van der Waals surface area contributed by atoms with Crippen molar-refractivity contribution in [1.82, 2.24) is 4.90 Å². The van der Waals surface area contributed by atoms with E-state index < -0.39 is 0 Å². The molecule has 0 aliphatic carbocycles. The Bertz CT molecular complexity index is 184. The topological polar surface area (TPSA) is 38.8 Å². The monoisotopic (exact) mass is 187 g/mol. The van der Waals surface area contributed by atoms with E-state index in [4.69, 9.17) is 9.47 Å². The number of nitrogens with zero attached hydrogens (tertiary/aromatic N) is 1. The third-order valence-electron chi connectivity index (χ3n) is 2.49. The van der Waals surface area contributed by atoms with Crippen LogP contribution in [-0.4, -0.2) is 50.3 Å². The van der Waals surface area contributed by atoms with Crippen LogP contribution in [0, 0.1) is 0 Å². The SMILES string of the molecule is COCC(=O)N(C)C1CCOC1C. The molecule has 2 unspecified atom stereocenters. The summed E-state index contributed by atoms with van der Waals surface area (Å²) in [5.41, 5.74) is 0. The summed E-state index contributed by atoms with van der Waals surface area (Å²) >= 11 is 0. The first-order valence-corrected chi connectivity index (χ1v) is 4.53. The average Bonchev–Trinajstić information content (AvgIpc) is 2.50.